The molecular formula is C9H18FN. The number of halogens is 1. The lowest BCUT2D eigenvalue weighted by Crippen LogP contribution is -2.31. The number of nitrogens with one attached hydrogen (secondary N) is 1. The average molecular weight is 159 g/mol. The van der Waals surface area contributed by atoms with Crippen LogP contribution < -0.4 is 5.32 Å². The van der Waals surface area contributed by atoms with E-state index in [0.717, 1.165) is 19.5 Å². The summed E-state index contributed by atoms with van der Waals surface area (Å²) in [6.07, 6.45) is 0.343. The molecule has 0 saturated carbocycles. The monoisotopic (exact) mass is 159 g/mol. The van der Waals surface area contributed by atoms with Crippen molar-refractivity contribution in [3.63, 3.8) is 0 Å². The lowest BCUT2D eigenvalue weighted by molar-refractivity contribution is 0.106. The van der Waals surface area contributed by atoms with Crippen molar-refractivity contribution in [3.05, 3.63) is 0 Å². The Morgan fingerprint density at radius 2 is 2.09 bits per heavy atom. The van der Waals surface area contributed by atoms with E-state index in [0.29, 0.717) is 0 Å². The third-order valence-electron chi connectivity index (χ3n) is 2.34. The van der Waals surface area contributed by atoms with Gasteiger partial charge in [0.15, 0.2) is 0 Å². The van der Waals surface area contributed by atoms with Crippen LogP contribution in [0.25, 0.3) is 0 Å². The lowest BCUT2D eigenvalue weighted by Gasteiger charge is -2.27. The molecule has 1 heterocycles. The van der Waals surface area contributed by atoms with Crippen molar-refractivity contribution in [1.29, 1.82) is 0 Å². The van der Waals surface area contributed by atoms with Gasteiger partial charge in [-0.25, -0.2) is 4.39 Å². The van der Waals surface area contributed by atoms with Crippen LogP contribution in [0, 0.1) is 11.3 Å². The number of hydrogen-bond acceptors (Lipinski definition) is 1. The topological polar surface area (TPSA) is 12.0 Å². The van der Waals surface area contributed by atoms with E-state index >= 15 is 0 Å². The van der Waals surface area contributed by atoms with Gasteiger partial charge >= 0.3 is 0 Å². The van der Waals surface area contributed by atoms with Crippen LogP contribution in [0.1, 0.15) is 27.2 Å². The number of alkyl halides is 1. The van der Waals surface area contributed by atoms with E-state index in [4.69, 9.17) is 0 Å². The summed E-state index contributed by atoms with van der Waals surface area (Å²) in [6, 6.07) is 0. The molecule has 11 heavy (non-hydrogen) atoms. The molecule has 0 aromatic heterocycles. The van der Waals surface area contributed by atoms with Crippen molar-refractivity contribution >= 4 is 0 Å². The van der Waals surface area contributed by atoms with Crippen LogP contribution in [0.5, 0.6) is 0 Å². The molecule has 1 aliphatic heterocycles. The normalized spacial score (nSPS) is 28.9. The minimum Gasteiger partial charge on any atom is -0.316 e. The molecule has 0 spiro atoms. The third kappa shape index (κ3) is 2.16. The summed E-state index contributed by atoms with van der Waals surface area (Å²) in [7, 11) is 0. The summed E-state index contributed by atoms with van der Waals surface area (Å²) in [5.41, 5.74) is -0.184. The van der Waals surface area contributed by atoms with Crippen molar-refractivity contribution in [2.75, 3.05) is 13.1 Å². The minimum absolute atomic E-state index is 0.184. The second kappa shape index (κ2) is 3.10. The second-order valence-corrected chi connectivity index (χ2v) is 4.52. The quantitative estimate of drug-likeness (QED) is 0.617. The Morgan fingerprint density at radius 3 is 2.45 bits per heavy atom. The molecule has 2 atom stereocenters. The highest BCUT2D eigenvalue weighted by Gasteiger charge is 2.33. The largest absolute Gasteiger partial charge is 0.316 e. The van der Waals surface area contributed by atoms with Gasteiger partial charge in [0.1, 0.15) is 6.17 Å². The molecule has 1 nitrogen and oxygen atoms in total. The Kier molecular flexibility index (Phi) is 2.53. The fourth-order valence-corrected chi connectivity index (χ4v) is 1.63. The predicted molar refractivity (Wildman–Crippen MR) is 45.3 cm³/mol. The van der Waals surface area contributed by atoms with Crippen molar-refractivity contribution in [3.8, 4) is 0 Å². The second-order valence-electron chi connectivity index (χ2n) is 4.52. The summed E-state index contributed by atoms with van der Waals surface area (Å²) < 4.78 is 13.6. The standard InChI is InChI=1S/C9H18FN/c1-9(2,3)8(10)7-4-5-11-6-7/h7-8,11H,4-6H2,1-3H3. The highest BCUT2D eigenvalue weighted by molar-refractivity contribution is 4.85. The molecule has 0 amide bonds. The van der Waals surface area contributed by atoms with Gasteiger partial charge in [-0.3, -0.25) is 0 Å². The van der Waals surface area contributed by atoms with E-state index in [9.17, 15) is 4.39 Å². The Morgan fingerprint density at radius 1 is 1.45 bits per heavy atom. The molecule has 0 aromatic carbocycles. The zero-order chi connectivity index (χ0) is 8.48. The van der Waals surface area contributed by atoms with Crippen molar-refractivity contribution in [2.45, 2.75) is 33.4 Å². The highest BCUT2D eigenvalue weighted by atomic mass is 19.1. The maximum absolute atomic E-state index is 13.6. The SMILES string of the molecule is CC(C)(C)C(F)C1CCNC1. The van der Waals surface area contributed by atoms with Crippen LogP contribution in [-0.4, -0.2) is 19.3 Å². The maximum Gasteiger partial charge on any atom is 0.109 e. The molecule has 0 bridgehead atoms. The molecule has 0 aromatic rings. The zero-order valence-electron chi connectivity index (χ0n) is 7.65. The van der Waals surface area contributed by atoms with Gasteiger partial charge in [-0.1, -0.05) is 20.8 Å². The van der Waals surface area contributed by atoms with Gasteiger partial charge in [-0.2, -0.15) is 0 Å². The van der Waals surface area contributed by atoms with E-state index in [1.807, 2.05) is 20.8 Å². The van der Waals surface area contributed by atoms with Crippen LogP contribution in [0.15, 0.2) is 0 Å². The highest BCUT2D eigenvalue weighted by Crippen LogP contribution is 2.31. The molecule has 0 aliphatic carbocycles. The Labute approximate surface area is 68.4 Å². The van der Waals surface area contributed by atoms with E-state index in [1.54, 1.807) is 0 Å². The molecule has 1 aliphatic rings. The zero-order valence-corrected chi connectivity index (χ0v) is 7.65. The fraction of sp³-hybridized carbons (Fsp3) is 1.00. The predicted octanol–water partition coefficient (Wildman–Crippen LogP) is 1.98. The maximum atomic E-state index is 13.6. The lowest BCUT2D eigenvalue weighted by atomic mass is 9.82. The first-order valence-corrected chi connectivity index (χ1v) is 4.36. The van der Waals surface area contributed by atoms with Crippen molar-refractivity contribution < 1.29 is 4.39 Å². The smallest absolute Gasteiger partial charge is 0.109 e. The number of hydrogen-bond donors (Lipinski definition) is 1. The van der Waals surface area contributed by atoms with Gasteiger partial charge in [0.05, 0.1) is 0 Å². The fourth-order valence-electron chi connectivity index (χ4n) is 1.63. The molecule has 1 rings (SSSR count). The Bertz CT molecular complexity index is 122. The molecule has 1 saturated heterocycles. The minimum atomic E-state index is -0.655. The van der Waals surface area contributed by atoms with E-state index in [-0.39, 0.29) is 11.3 Å². The molecule has 2 heteroatoms. The first-order chi connectivity index (χ1) is 5.02. The van der Waals surface area contributed by atoms with Gasteiger partial charge < -0.3 is 5.32 Å². The van der Waals surface area contributed by atoms with Crippen LogP contribution in [0.2, 0.25) is 0 Å². The molecule has 1 fully saturated rings. The van der Waals surface area contributed by atoms with E-state index < -0.39 is 6.17 Å². The summed E-state index contributed by atoms with van der Waals surface area (Å²) in [6.45, 7) is 7.75. The van der Waals surface area contributed by atoms with Crippen LogP contribution in [0.4, 0.5) is 4.39 Å². The first kappa shape index (κ1) is 8.98. The van der Waals surface area contributed by atoms with Gasteiger partial charge in [0.25, 0.3) is 0 Å². The third-order valence-corrected chi connectivity index (χ3v) is 2.34. The van der Waals surface area contributed by atoms with E-state index in [2.05, 4.69) is 5.32 Å². The summed E-state index contributed by atoms with van der Waals surface area (Å²) in [5, 5.41) is 3.19. The van der Waals surface area contributed by atoms with Gasteiger partial charge in [-0.15, -0.1) is 0 Å². The summed E-state index contributed by atoms with van der Waals surface area (Å²) >= 11 is 0. The van der Waals surface area contributed by atoms with Crippen LogP contribution in [-0.2, 0) is 0 Å². The summed E-state index contributed by atoms with van der Waals surface area (Å²) in [4.78, 5) is 0. The average Bonchev–Trinajstić information content (AvgIpc) is 2.34. The first-order valence-electron chi connectivity index (χ1n) is 4.36. The molecule has 66 valence electrons. The van der Waals surface area contributed by atoms with Crippen LogP contribution in [0.3, 0.4) is 0 Å². The molecular weight excluding hydrogens is 141 g/mol. The van der Waals surface area contributed by atoms with Crippen molar-refractivity contribution in [2.24, 2.45) is 11.3 Å². The summed E-state index contributed by atoms with van der Waals surface area (Å²) in [5.74, 6) is 0.245. The van der Waals surface area contributed by atoms with Gasteiger partial charge in [0.2, 0.25) is 0 Å². The Balaban J connectivity index is 2.46. The number of rotatable bonds is 1. The van der Waals surface area contributed by atoms with E-state index in [1.165, 1.54) is 0 Å². The van der Waals surface area contributed by atoms with Crippen LogP contribution >= 0.6 is 0 Å². The van der Waals surface area contributed by atoms with Gasteiger partial charge in [-0.05, 0) is 18.4 Å². The molecule has 1 N–H and O–H groups in total. The van der Waals surface area contributed by atoms with Gasteiger partial charge in [0, 0.05) is 12.5 Å². The van der Waals surface area contributed by atoms with Crippen molar-refractivity contribution in [1.82, 2.24) is 5.32 Å². The molecule has 2 unspecified atom stereocenters. The Hall–Kier alpha value is -0.110. The molecule has 0 radical (unpaired) electrons.